The first kappa shape index (κ1) is 17.8. The molecular formula is C17H18F3N3O. The molecule has 7 heteroatoms. The minimum atomic E-state index is -1.63. The van der Waals surface area contributed by atoms with Crippen LogP contribution >= 0.6 is 0 Å². The Morgan fingerprint density at radius 3 is 2.67 bits per heavy atom. The molecule has 0 bridgehead atoms. The molecule has 0 saturated heterocycles. The first-order valence-electron chi connectivity index (χ1n) is 7.55. The number of rotatable bonds is 6. The van der Waals surface area contributed by atoms with Crippen LogP contribution in [0, 0.1) is 17.5 Å². The summed E-state index contributed by atoms with van der Waals surface area (Å²) in [5, 5.41) is 2.22. The predicted molar refractivity (Wildman–Crippen MR) is 86.7 cm³/mol. The highest BCUT2D eigenvalue weighted by molar-refractivity contribution is 6.04. The van der Waals surface area contributed by atoms with Gasteiger partial charge in [-0.25, -0.2) is 13.2 Å². The van der Waals surface area contributed by atoms with Crippen LogP contribution in [0.4, 0.5) is 24.5 Å². The van der Waals surface area contributed by atoms with Gasteiger partial charge in [0, 0.05) is 19.8 Å². The van der Waals surface area contributed by atoms with E-state index in [9.17, 15) is 18.0 Å². The molecule has 0 atom stereocenters. The quantitative estimate of drug-likeness (QED) is 0.811. The second kappa shape index (κ2) is 7.81. The van der Waals surface area contributed by atoms with Crippen LogP contribution in [0.3, 0.4) is 0 Å². The number of anilines is 2. The number of unbranched alkanes of at least 4 members (excludes halogenated alkanes) is 1. The third-order valence-corrected chi connectivity index (χ3v) is 3.56. The molecule has 1 heterocycles. The van der Waals surface area contributed by atoms with Gasteiger partial charge in [0.2, 0.25) is 0 Å². The maximum absolute atomic E-state index is 13.6. The van der Waals surface area contributed by atoms with Crippen LogP contribution in [0.1, 0.15) is 30.1 Å². The maximum Gasteiger partial charge on any atom is 0.257 e. The second-order valence-corrected chi connectivity index (χ2v) is 5.38. The lowest BCUT2D eigenvalue weighted by Crippen LogP contribution is -2.20. The van der Waals surface area contributed by atoms with Crippen LogP contribution in [0.15, 0.2) is 30.6 Å². The highest BCUT2D eigenvalue weighted by atomic mass is 19.2. The summed E-state index contributed by atoms with van der Waals surface area (Å²) in [6.45, 7) is 2.88. The van der Waals surface area contributed by atoms with E-state index in [1.54, 1.807) is 12.3 Å². The molecule has 0 unspecified atom stereocenters. The Morgan fingerprint density at radius 1 is 1.21 bits per heavy atom. The van der Waals surface area contributed by atoms with E-state index < -0.39 is 29.0 Å². The summed E-state index contributed by atoms with van der Waals surface area (Å²) >= 11 is 0. The third-order valence-electron chi connectivity index (χ3n) is 3.56. The molecule has 0 aliphatic heterocycles. The van der Waals surface area contributed by atoms with Crippen molar-refractivity contribution in [3.8, 4) is 0 Å². The van der Waals surface area contributed by atoms with Crippen LogP contribution in [0.2, 0.25) is 0 Å². The second-order valence-electron chi connectivity index (χ2n) is 5.38. The van der Waals surface area contributed by atoms with Gasteiger partial charge in [0.15, 0.2) is 17.5 Å². The molecule has 1 amide bonds. The Kier molecular flexibility index (Phi) is 5.78. The molecule has 4 nitrogen and oxygen atoms in total. The van der Waals surface area contributed by atoms with E-state index in [-0.39, 0.29) is 5.56 Å². The van der Waals surface area contributed by atoms with E-state index in [2.05, 4.69) is 17.2 Å². The molecule has 24 heavy (non-hydrogen) atoms. The van der Waals surface area contributed by atoms with Crippen molar-refractivity contribution in [2.45, 2.75) is 19.8 Å². The van der Waals surface area contributed by atoms with Gasteiger partial charge in [0.05, 0.1) is 23.1 Å². The van der Waals surface area contributed by atoms with Gasteiger partial charge in [-0.3, -0.25) is 9.78 Å². The average Bonchev–Trinajstić information content (AvgIpc) is 2.60. The maximum atomic E-state index is 13.6. The Labute approximate surface area is 138 Å². The molecule has 0 aliphatic carbocycles. The standard InChI is InChI=1S/C17H18F3N3O/c1-3-4-7-23(2)12-8-11(9-21-10-12)17(24)22-14-6-5-13(18)15(19)16(14)20/h5-6,8-10H,3-4,7H2,1-2H3,(H,22,24). The van der Waals surface area contributed by atoms with Crippen molar-refractivity contribution in [1.29, 1.82) is 0 Å². The van der Waals surface area contributed by atoms with E-state index in [0.717, 1.165) is 37.2 Å². The van der Waals surface area contributed by atoms with Crippen molar-refractivity contribution >= 4 is 17.3 Å². The zero-order valence-corrected chi connectivity index (χ0v) is 13.4. The summed E-state index contributed by atoms with van der Waals surface area (Å²) in [6, 6.07) is 3.33. The number of hydrogen-bond acceptors (Lipinski definition) is 3. The average molecular weight is 337 g/mol. The Bertz CT molecular complexity index is 737. The molecule has 0 fully saturated rings. The van der Waals surface area contributed by atoms with Gasteiger partial charge >= 0.3 is 0 Å². The molecule has 0 radical (unpaired) electrons. The third kappa shape index (κ3) is 4.04. The lowest BCUT2D eigenvalue weighted by Gasteiger charge is -2.19. The largest absolute Gasteiger partial charge is 0.373 e. The number of aromatic nitrogens is 1. The monoisotopic (exact) mass is 337 g/mol. The van der Waals surface area contributed by atoms with Crippen LogP contribution in [0.5, 0.6) is 0 Å². The lowest BCUT2D eigenvalue weighted by atomic mass is 10.2. The zero-order valence-electron chi connectivity index (χ0n) is 13.4. The highest BCUT2D eigenvalue weighted by Crippen LogP contribution is 2.21. The fourth-order valence-electron chi connectivity index (χ4n) is 2.10. The Morgan fingerprint density at radius 2 is 1.96 bits per heavy atom. The number of amides is 1. The molecule has 0 saturated carbocycles. The number of nitrogens with zero attached hydrogens (tertiary/aromatic N) is 2. The topological polar surface area (TPSA) is 45.2 Å². The van der Waals surface area contributed by atoms with Gasteiger partial charge in [-0.05, 0) is 24.6 Å². The lowest BCUT2D eigenvalue weighted by molar-refractivity contribution is 0.102. The SMILES string of the molecule is CCCCN(C)c1cncc(C(=O)Nc2ccc(F)c(F)c2F)c1. The van der Waals surface area contributed by atoms with E-state index >= 15 is 0 Å². The van der Waals surface area contributed by atoms with Crippen molar-refractivity contribution in [2.24, 2.45) is 0 Å². The van der Waals surface area contributed by atoms with Crippen LogP contribution in [0.25, 0.3) is 0 Å². The summed E-state index contributed by atoms with van der Waals surface area (Å²) in [5.41, 5.74) is 0.505. The number of nitrogens with one attached hydrogen (secondary N) is 1. The summed E-state index contributed by atoms with van der Waals surface area (Å²) in [4.78, 5) is 18.1. The van der Waals surface area contributed by atoms with Crippen molar-refractivity contribution in [2.75, 3.05) is 23.8 Å². The smallest absolute Gasteiger partial charge is 0.257 e. The van der Waals surface area contributed by atoms with Crippen molar-refractivity contribution in [3.05, 3.63) is 53.6 Å². The normalized spacial score (nSPS) is 10.5. The summed E-state index contributed by atoms with van der Waals surface area (Å²) in [7, 11) is 1.88. The number of pyridine rings is 1. The summed E-state index contributed by atoms with van der Waals surface area (Å²) < 4.78 is 39.8. The van der Waals surface area contributed by atoms with Crippen molar-refractivity contribution < 1.29 is 18.0 Å². The Hall–Kier alpha value is -2.57. The Balaban J connectivity index is 2.17. The first-order valence-corrected chi connectivity index (χ1v) is 7.55. The fourth-order valence-corrected chi connectivity index (χ4v) is 2.10. The van der Waals surface area contributed by atoms with E-state index in [1.165, 1.54) is 6.20 Å². The van der Waals surface area contributed by atoms with Crippen LogP contribution < -0.4 is 10.2 Å². The van der Waals surface area contributed by atoms with Gasteiger partial charge in [-0.2, -0.15) is 0 Å². The number of carbonyl (C=O) groups excluding carboxylic acids is 1. The molecule has 2 rings (SSSR count). The van der Waals surface area contributed by atoms with Gasteiger partial charge in [-0.1, -0.05) is 13.3 Å². The predicted octanol–water partition coefficient (Wildman–Crippen LogP) is 3.99. The summed E-state index contributed by atoms with van der Waals surface area (Å²) in [6.07, 6.45) is 4.97. The van der Waals surface area contributed by atoms with E-state index in [4.69, 9.17) is 0 Å². The number of benzene rings is 1. The minimum Gasteiger partial charge on any atom is -0.373 e. The highest BCUT2D eigenvalue weighted by Gasteiger charge is 2.16. The number of hydrogen-bond donors (Lipinski definition) is 1. The van der Waals surface area contributed by atoms with Crippen LogP contribution in [-0.4, -0.2) is 24.5 Å². The van der Waals surface area contributed by atoms with E-state index in [0.29, 0.717) is 0 Å². The number of halogens is 3. The van der Waals surface area contributed by atoms with Crippen molar-refractivity contribution in [3.63, 3.8) is 0 Å². The van der Waals surface area contributed by atoms with E-state index in [1.807, 2.05) is 11.9 Å². The van der Waals surface area contributed by atoms with Gasteiger partial charge in [0.25, 0.3) is 5.91 Å². The molecule has 2 aromatic rings. The molecule has 1 aromatic carbocycles. The molecule has 0 aliphatic rings. The summed E-state index contributed by atoms with van der Waals surface area (Å²) in [5.74, 6) is -5.03. The molecule has 1 N–H and O–H groups in total. The fraction of sp³-hybridized carbons (Fsp3) is 0.294. The molecule has 1 aromatic heterocycles. The van der Waals surface area contributed by atoms with Crippen molar-refractivity contribution in [1.82, 2.24) is 4.98 Å². The first-order chi connectivity index (χ1) is 11.4. The minimum absolute atomic E-state index is 0.194. The van der Waals surface area contributed by atoms with Gasteiger partial charge < -0.3 is 10.2 Å². The number of carbonyl (C=O) groups is 1. The van der Waals surface area contributed by atoms with Gasteiger partial charge in [0.1, 0.15) is 0 Å². The van der Waals surface area contributed by atoms with Crippen LogP contribution in [-0.2, 0) is 0 Å². The molecule has 128 valence electrons. The van der Waals surface area contributed by atoms with Gasteiger partial charge in [-0.15, -0.1) is 0 Å². The molecule has 0 spiro atoms. The zero-order chi connectivity index (χ0) is 17.7. The molecular weight excluding hydrogens is 319 g/mol.